The molecule has 0 saturated carbocycles. The van der Waals surface area contributed by atoms with Gasteiger partial charge in [0, 0.05) is 31.0 Å². The van der Waals surface area contributed by atoms with E-state index in [1.165, 1.54) is 0 Å². The van der Waals surface area contributed by atoms with E-state index in [1.807, 2.05) is 26.0 Å². The lowest BCUT2D eigenvalue weighted by Crippen LogP contribution is -2.25. The van der Waals surface area contributed by atoms with E-state index in [2.05, 4.69) is 15.4 Å². The number of nitrogens with zero attached hydrogens (tertiary/aromatic N) is 4. The molecule has 4 aromatic rings. The third-order valence-electron chi connectivity index (χ3n) is 4.77. The number of hydrogen-bond acceptors (Lipinski definition) is 4. The molecule has 0 atom stereocenters. The molecule has 1 aromatic carbocycles. The Balaban J connectivity index is 1.72. The molecule has 0 aliphatic carbocycles. The summed E-state index contributed by atoms with van der Waals surface area (Å²) in [7, 11) is 0. The Labute approximate surface area is 155 Å². The van der Waals surface area contributed by atoms with Crippen molar-refractivity contribution < 1.29 is 4.79 Å². The minimum Gasteiger partial charge on any atom is -0.348 e. The minimum atomic E-state index is -0.198. The van der Waals surface area contributed by atoms with Crippen LogP contribution in [0.1, 0.15) is 28.4 Å². The lowest BCUT2D eigenvalue weighted by atomic mass is 10.1. The largest absolute Gasteiger partial charge is 0.348 e. The summed E-state index contributed by atoms with van der Waals surface area (Å²) >= 11 is 0. The zero-order valence-electron chi connectivity index (χ0n) is 15.1. The fourth-order valence-electron chi connectivity index (χ4n) is 3.24. The molecule has 3 aromatic heterocycles. The lowest BCUT2D eigenvalue weighted by molar-refractivity contribution is 0.0951. The average molecular weight is 361 g/mol. The first kappa shape index (κ1) is 17.0. The molecule has 0 bridgehead atoms. The molecule has 1 amide bonds. The van der Waals surface area contributed by atoms with Gasteiger partial charge < -0.3 is 9.88 Å². The van der Waals surface area contributed by atoms with E-state index in [0.717, 1.165) is 16.6 Å². The summed E-state index contributed by atoms with van der Waals surface area (Å²) in [6, 6.07) is 8.93. The fourth-order valence-corrected chi connectivity index (χ4v) is 3.24. The van der Waals surface area contributed by atoms with E-state index in [1.54, 1.807) is 45.9 Å². The van der Waals surface area contributed by atoms with Crippen LogP contribution in [0.25, 0.3) is 16.6 Å². The molecule has 136 valence electrons. The Morgan fingerprint density at radius 3 is 2.74 bits per heavy atom. The van der Waals surface area contributed by atoms with Crippen LogP contribution in [0.3, 0.4) is 0 Å². The number of aryl methyl sites for hydroxylation is 2. The summed E-state index contributed by atoms with van der Waals surface area (Å²) in [5, 5.41) is 7.16. The molecule has 0 aliphatic rings. The first-order valence-corrected chi connectivity index (χ1v) is 8.78. The molecule has 7 nitrogen and oxygen atoms in total. The van der Waals surface area contributed by atoms with E-state index in [4.69, 9.17) is 0 Å². The summed E-state index contributed by atoms with van der Waals surface area (Å²) in [5.41, 5.74) is 4.41. The van der Waals surface area contributed by atoms with Crippen LogP contribution in [0.4, 0.5) is 0 Å². The molecule has 0 saturated heterocycles. The highest BCUT2D eigenvalue weighted by Crippen LogP contribution is 2.17. The standard InChI is InChI=1S/C20H19N5O2/c1-3-24-18-10-14(19(26)22-12-15-11-21-8-6-13(15)2)4-5-16(18)25-17(20(24)27)7-9-23-25/h4-11H,3,12H2,1-2H3,(H,22,26). The van der Waals surface area contributed by atoms with Crippen molar-refractivity contribution in [2.45, 2.75) is 26.9 Å². The van der Waals surface area contributed by atoms with E-state index in [9.17, 15) is 9.59 Å². The first-order chi connectivity index (χ1) is 13.1. The number of benzene rings is 1. The predicted octanol–water partition coefficient (Wildman–Crippen LogP) is 2.30. The lowest BCUT2D eigenvalue weighted by Gasteiger charge is -2.12. The molecule has 3 heterocycles. The molecular weight excluding hydrogens is 342 g/mol. The van der Waals surface area contributed by atoms with Crippen molar-refractivity contribution in [1.82, 2.24) is 24.5 Å². The molecule has 0 aliphatic heterocycles. The van der Waals surface area contributed by atoms with Crippen LogP contribution >= 0.6 is 0 Å². The number of nitrogens with one attached hydrogen (secondary N) is 1. The maximum atomic E-state index is 12.7. The number of carbonyl (C=O) groups is 1. The topological polar surface area (TPSA) is 81.3 Å². The third kappa shape index (κ3) is 2.87. The van der Waals surface area contributed by atoms with Gasteiger partial charge in [-0.3, -0.25) is 14.6 Å². The molecule has 0 unspecified atom stereocenters. The Hall–Kier alpha value is -3.48. The van der Waals surface area contributed by atoms with Crippen LogP contribution in [0.15, 0.2) is 53.7 Å². The molecular formula is C20H19N5O2. The molecule has 0 fully saturated rings. The van der Waals surface area contributed by atoms with Gasteiger partial charge in [0.25, 0.3) is 11.5 Å². The number of carbonyl (C=O) groups excluding carboxylic acids is 1. The SMILES string of the molecule is CCn1c(=O)c2ccnn2c2ccc(C(=O)NCc3cnccc3C)cc21. The summed E-state index contributed by atoms with van der Waals surface area (Å²) in [6.45, 7) is 4.80. The van der Waals surface area contributed by atoms with Crippen molar-refractivity contribution in [3.63, 3.8) is 0 Å². The van der Waals surface area contributed by atoms with Gasteiger partial charge in [-0.15, -0.1) is 0 Å². The number of pyridine rings is 1. The number of aromatic nitrogens is 4. The molecule has 0 spiro atoms. The van der Waals surface area contributed by atoms with Gasteiger partial charge in [0.1, 0.15) is 5.52 Å². The van der Waals surface area contributed by atoms with Crippen molar-refractivity contribution in [3.05, 3.63) is 76.0 Å². The van der Waals surface area contributed by atoms with Crippen LogP contribution in [0, 0.1) is 6.92 Å². The van der Waals surface area contributed by atoms with Gasteiger partial charge in [-0.2, -0.15) is 5.10 Å². The van der Waals surface area contributed by atoms with Crippen molar-refractivity contribution >= 4 is 22.5 Å². The molecule has 7 heteroatoms. The van der Waals surface area contributed by atoms with Crippen LogP contribution in [-0.4, -0.2) is 25.1 Å². The third-order valence-corrected chi connectivity index (χ3v) is 4.77. The normalized spacial score (nSPS) is 11.2. The van der Waals surface area contributed by atoms with E-state index < -0.39 is 0 Å². The minimum absolute atomic E-state index is 0.119. The zero-order valence-corrected chi connectivity index (χ0v) is 15.1. The second kappa shape index (κ2) is 6.68. The Bertz CT molecular complexity index is 1220. The maximum absolute atomic E-state index is 12.7. The maximum Gasteiger partial charge on any atom is 0.277 e. The quantitative estimate of drug-likeness (QED) is 0.605. The van der Waals surface area contributed by atoms with Crippen LogP contribution in [0.5, 0.6) is 0 Å². The highest BCUT2D eigenvalue weighted by molar-refractivity contribution is 5.97. The summed E-state index contributed by atoms with van der Waals surface area (Å²) < 4.78 is 3.28. The van der Waals surface area contributed by atoms with Crippen molar-refractivity contribution in [2.75, 3.05) is 0 Å². The van der Waals surface area contributed by atoms with Crippen LogP contribution in [-0.2, 0) is 13.1 Å². The van der Waals surface area contributed by atoms with Gasteiger partial charge >= 0.3 is 0 Å². The van der Waals surface area contributed by atoms with E-state index in [-0.39, 0.29) is 11.5 Å². The molecule has 4 rings (SSSR count). The summed E-state index contributed by atoms with van der Waals surface area (Å²) in [4.78, 5) is 29.4. The van der Waals surface area contributed by atoms with Gasteiger partial charge in [-0.25, -0.2) is 4.52 Å². The van der Waals surface area contributed by atoms with Gasteiger partial charge in [-0.1, -0.05) is 0 Å². The zero-order chi connectivity index (χ0) is 19.0. The smallest absolute Gasteiger partial charge is 0.277 e. The monoisotopic (exact) mass is 361 g/mol. The van der Waals surface area contributed by atoms with Crippen molar-refractivity contribution in [3.8, 4) is 0 Å². The molecule has 27 heavy (non-hydrogen) atoms. The number of fused-ring (bicyclic) bond motifs is 3. The number of amides is 1. The molecule has 1 N–H and O–H groups in total. The highest BCUT2D eigenvalue weighted by atomic mass is 16.1. The van der Waals surface area contributed by atoms with Gasteiger partial charge in [0.05, 0.1) is 17.2 Å². The fraction of sp³-hybridized carbons (Fsp3) is 0.200. The van der Waals surface area contributed by atoms with Crippen LogP contribution in [0.2, 0.25) is 0 Å². The highest BCUT2D eigenvalue weighted by Gasteiger charge is 2.13. The van der Waals surface area contributed by atoms with Gasteiger partial charge in [-0.05, 0) is 55.3 Å². The first-order valence-electron chi connectivity index (χ1n) is 8.78. The average Bonchev–Trinajstić information content (AvgIpc) is 3.17. The van der Waals surface area contributed by atoms with E-state index >= 15 is 0 Å². The van der Waals surface area contributed by atoms with Crippen molar-refractivity contribution in [2.24, 2.45) is 0 Å². The summed E-state index contributed by atoms with van der Waals surface area (Å²) in [6.07, 6.45) is 5.08. The Morgan fingerprint density at radius 1 is 1.11 bits per heavy atom. The van der Waals surface area contributed by atoms with Gasteiger partial charge in [0.2, 0.25) is 0 Å². The second-order valence-electron chi connectivity index (χ2n) is 6.37. The number of rotatable bonds is 4. The van der Waals surface area contributed by atoms with Crippen LogP contribution < -0.4 is 10.9 Å². The van der Waals surface area contributed by atoms with Crippen molar-refractivity contribution in [1.29, 1.82) is 0 Å². The Morgan fingerprint density at radius 2 is 1.96 bits per heavy atom. The Kier molecular flexibility index (Phi) is 4.19. The molecule has 0 radical (unpaired) electrons. The van der Waals surface area contributed by atoms with Gasteiger partial charge in [0.15, 0.2) is 0 Å². The number of hydrogen-bond donors (Lipinski definition) is 1. The van der Waals surface area contributed by atoms with E-state index in [0.29, 0.717) is 29.7 Å². The predicted molar refractivity (Wildman–Crippen MR) is 103 cm³/mol. The second-order valence-corrected chi connectivity index (χ2v) is 6.37. The summed E-state index contributed by atoms with van der Waals surface area (Å²) in [5.74, 6) is -0.198.